The van der Waals surface area contributed by atoms with Gasteiger partial charge in [0, 0.05) is 6.61 Å². The second-order valence-electron chi connectivity index (χ2n) is 5.84. The van der Waals surface area contributed by atoms with E-state index in [0.717, 1.165) is 25.7 Å². The number of ether oxygens (including phenoxy) is 1. The fourth-order valence-corrected chi connectivity index (χ4v) is 2.67. The minimum absolute atomic E-state index is 0.212. The summed E-state index contributed by atoms with van der Waals surface area (Å²) in [6.07, 6.45) is 10.2. The molecule has 0 aliphatic heterocycles. The summed E-state index contributed by atoms with van der Waals surface area (Å²) in [5.41, 5.74) is -0.547. The van der Waals surface area contributed by atoms with Crippen LogP contribution in [0.4, 0.5) is 0 Å². The van der Waals surface area contributed by atoms with Crippen LogP contribution in [0.3, 0.4) is 0 Å². The van der Waals surface area contributed by atoms with Gasteiger partial charge in [-0.1, -0.05) is 65.7 Å². The lowest BCUT2D eigenvalue weighted by atomic mass is 9.87. The highest BCUT2D eigenvalue weighted by molar-refractivity contribution is 4.87. The molecule has 0 saturated heterocycles. The summed E-state index contributed by atoms with van der Waals surface area (Å²) in [5.74, 6) is 0. The molecule has 2 atom stereocenters. The summed E-state index contributed by atoms with van der Waals surface area (Å²) < 4.78 is 6.05. The van der Waals surface area contributed by atoms with Crippen LogP contribution < -0.4 is 0 Å². The standard InChI is InChI=1S/C17H36O3/c1-4-7-9-11-13-17(6-3,16(19)15-18)20-14-12-10-8-5-2/h16,18-19H,4-15H2,1-3H3. The highest BCUT2D eigenvalue weighted by Crippen LogP contribution is 2.28. The zero-order chi connectivity index (χ0) is 15.3. The lowest BCUT2D eigenvalue weighted by Gasteiger charge is -2.37. The van der Waals surface area contributed by atoms with Gasteiger partial charge in [-0.15, -0.1) is 0 Å². The summed E-state index contributed by atoms with van der Waals surface area (Å²) in [5, 5.41) is 19.5. The van der Waals surface area contributed by atoms with Crippen LogP contribution in [0.1, 0.15) is 85.0 Å². The lowest BCUT2D eigenvalue weighted by Crippen LogP contribution is -2.46. The van der Waals surface area contributed by atoms with Gasteiger partial charge in [0.15, 0.2) is 0 Å². The Hall–Kier alpha value is -0.120. The van der Waals surface area contributed by atoms with E-state index in [1.807, 2.05) is 6.92 Å². The van der Waals surface area contributed by atoms with E-state index < -0.39 is 11.7 Å². The molecule has 3 heteroatoms. The van der Waals surface area contributed by atoms with Crippen molar-refractivity contribution in [2.75, 3.05) is 13.2 Å². The number of unbranched alkanes of at least 4 members (excludes halogenated alkanes) is 6. The zero-order valence-electron chi connectivity index (χ0n) is 13.9. The summed E-state index contributed by atoms with van der Waals surface area (Å²) in [6, 6.07) is 0. The molecule has 0 aliphatic rings. The maximum atomic E-state index is 10.2. The number of hydrogen-bond acceptors (Lipinski definition) is 3. The van der Waals surface area contributed by atoms with Crippen molar-refractivity contribution in [1.29, 1.82) is 0 Å². The van der Waals surface area contributed by atoms with Crippen molar-refractivity contribution < 1.29 is 14.9 Å². The molecule has 0 aromatic rings. The van der Waals surface area contributed by atoms with Gasteiger partial charge in [-0.05, 0) is 19.3 Å². The molecule has 3 nitrogen and oxygen atoms in total. The van der Waals surface area contributed by atoms with Crippen molar-refractivity contribution in [2.45, 2.75) is 96.7 Å². The van der Waals surface area contributed by atoms with Crippen LogP contribution in [-0.4, -0.2) is 35.1 Å². The first kappa shape index (κ1) is 19.9. The molecule has 0 rings (SSSR count). The van der Waals surface area contributed by atoms with Gasteiger partial charge in [0.05, 0.1) is 12.2 Å². The van der Waals surface area contributed by atoms with Crippen molar-refractivity contribution in [3.05, 3.63) is 0 Å². The van der Waals surface area contributed by atoms with E-state index in [9.17, 15) is 10.2 Å². The molecule has 2 unspecified atom stereocenters. The molecule has 20 heavy (non-hydrogen) atoms. The lowest BCUT2D eigenvalue weighted by molar-refractivity contribution is -0.145. The van der Waals surface area contributed by atoms with E-state index in [4.69, 9.17) is 4.74 Å². The largest absolute Gasteiger partial charge is 0.394 e. The fourth-order valence-electron chi connectivity index (χ4n) is 2.67. The van der Waals surface area contributed by atoms with E-state index >= 15 is 0 Å². The molecule has 0 aromatic carbocycles. The van der Waals surface area contributed by atoms with Gasteiger partial charge in [0.25, 0.3) is 0 Å². The fraction of sp³-hybridized carbons (Fsp3) is 1.00. The summed E-state index contributed by atoms with van der Waals surface area (Å²) in [7, 11) is 0. The second kappa shape index (κ2) is 12.6. The molecule has 0 spiro atoms. The third kappa shape index (κ3) is 7.61. The Balaban J connectivity index is 4.28. The quantitative estimate of drug-likeness (QED) is 0.474. The predicted octanol–water partition coefficient (Wildman–Crippen LogP) is 4.06. The van der Waals surface area contributed by atoms with Crippen LogP contribution in [-0.2, 0) is 4.74 Å². The predicted molar refractivity (Wildman–Crippen MR) is 85.0 cm³/mol. The Morgan fingerprint density at radius 1 is 0.900 bits per heavy atom. The number of hydrogen-bond donors (Lipinski definition) is 2. The van der Waals surface area contributed by atoms with E-state index in [1.165, 1.54) is 38.5 Å². The molecular formula is C17H36O3. The van der Waals surface area contributed by atoms with Crippen LogP contribution in [0.5, 0.6) is 0 Å². The topological polar surface area (TPSA) is 49.7 Å². The second-order valence-corrected chi connectivity index (χ2v) is 5.84. The SMILES string of the molecule is CCCCCCOC(CC)(CCCCCC)C(O)CO. The smallest absolute Gasteiger partial charge is 0.106 e. The third-order valence-corrected chi connectivity index (χ3v) is 4.22. The first-order valence-electron chi connectivity index (χ1n) is 8.59. The Morgan fingerprint density at radius 3 is 2.00 bits per heavy atom. The number of aliphatic hydroxyl groups excluding tert-OH is 2. The van der Waals surface area contributed by atoms with Gasteiger partial charge < -0.3 is 14.9 Å². The van der Waals surface area contributed by atoms with E-state index in [-0.39, 0.29) is 6.61 Å². The third-order valence-electron chi connectivity index (χ3n) is 4.22. The number of rotatable bonds is 14. The molecule has 122 valence electrons. The summed E-state index contributed by atoms with van der Waals surface area (Å²) in [6.45, 7) is 6.92. The average Bonchev–Trinajstić information content (AvgIpc) is 2.48. The Bertz CT molecular complexity index is 208. The van der Waals surface area contributed by atoms with Crippen molar-refractivity contribution in [3.63, 3.8) is 0 Å². The van der Waals surface area contributed by atoms with E-state index in [0.29, 0.717) is 6.61 Å². The van der Waals surface area contributed by atoms with Crippen molar-refractivity contribution in [1.82, 2.24) is 0 Å². The molecule has 0 saturated carbocycles. The molecule has 0 radical (unpaired) electrons. The molecule has 0 fully saturated rings. The molecule has 0 aliphatic carbocycles. The van der Waals surface area contributed by atoms with Gasteiger partial charge in [-0.25, -0.2) is 0 Å². The molecule has 2 N–H and O–H groups in total. The minimum Gasteiger partial charge on any atom is -0.394 e. The van der Waals surface area contributed by atoms with Crippen LogP contribution in [0.15, 0.2) is 0 Å². The van der Waals surface area contributed by atoms with Crippen LogP contribution >= 0.6 is 0 Å². The van der Waals surface area contributed by atoms with Crippen LogP contribution in [0.2, 0.25) is 0 Å². The van der Waals surface area contributed by atoms with Gasteiger partial charge in [0.1, 0.15) is 6.10 Å². The zero-order valence-corrected chi connectivity index (χ0v) is 13.9. The van der Waals surface area contributed by atoms with Gasteiger partial charge >= 0.3 is 0 Å². The summed E-state index contributed by atoms with van der Waals surface area (Å²) >= 11 is 0. The van der Waals surface area contributed by atoms with Gasteiger partial charge in [-0.3, -0.25) is 0 Å². The summed E-state index contributed by atoms with van der Waals surface area (Å²) in [4.78, 5) is 0. The van der Waals surface area contributed by atoms with Crippen molar-refractivity contribution in [2.24, 2.45) is 0 Å². The molecular weight excluding hydrogens is 252 g/mol. The highest BCUT2D eigenvalue weighted by Gasteiger charge is 2.36. The first-order chi connectivity index (χ1) is 9.66. The van der Waals surface area contributed by atoms with Crippen molar-refractivity contribution in [3.8, 4) is 0 Å². The van der Waals surface area contributed by atoms with Gasteiger partial charge in [-0.2, -0.15) is 0 Å². The van der Waals surface area contributed by atoms with Crippen LogP contribution in [0, 0.1) is 0 Å². The van der Waals surface area contributed by atoms with E-state index in [1.54, 1.807) is 0 Å². The number of aliphatic hydroxyl groups is 2. The Morgan fingerprint density at radius 2 is 1.50 bits per heavy atom. The minimum atomic E-state index is -0.764. The average molecular weight is 288 g/mol. The maximum Gasteiger partial charge on any atom is 0.106 e. The molecule has 0 bridgehead atoms. The van der Waals surface area contributed by atoms with Crippen molar-refractivity contribution >= 4 is 0 Å². The van der Waals surface area contributed by atoms with Crippen LogP contribution in [0.25, 0.3) is 0 Å². The molecule has 0 heterocycles. The monoisotopic (exact) mass is 288 g/mol. The Labute approximate surface area is 125 Å². The molecule has 0 aromatic heterocycles. The van der Waals surface area contributed by atoms with E-state index in [2.05, 4.69) is 13.8 Å². The highest BCUT2D eigenvalue weighted by atomic mass is 16.5. The molecule has 0 amide bonds. The Kier molecular flexibility index (Phi) is 12.5. The first-order valence-corrected chi connectivity index (χ1v) is 8.59. The maximum absolute atomic E-state index is 10.2. The van der Waals surface area contributed by atoms with Gasteiger partial charge in [0.2, 0.25) is 0 Å². The normalized spacial score (nSPS) is 16.1.